The van der Waals surface area contributed by atoms with Crippen molar-refractivity contribution in [3.63, 3.8) is 0 Å². The van der Waals surface area contributed by atoms with Crippen LogP contribution in [0, 0.1) is 11.3 Å². The summed E-state index contributed by atoms with van der Waals surface area (Å²) >= 11 is 0. The SMILES string of the molecule is C=C(C)[C@@H]1CC[C@](C)(CCC(=O)CC)C(=O)C1. The van der Waals surface area contributed by atoms with E-state index < -0.39 is 0 Å². The smallest absolute Gasteiger partial charge is 0.139 e. The minimum absolute atomic E-state index is 0.265. The standard InChI is InChI=1S/C15H24O2/c1-5-13(16)7-9-15(4)8-6-12(11(2)3)10-14(15)17/h12H,2,5-10H2,1,3-4H3/t12-,15-/m1/s1. The predicted octanol–water partition coefficient (Wildman–Crippen LogP) is 3.70. The van der Waals surface area contributed by atoms with E-state index in [1.807, 2.05) is 20.8 Å². The van der Waals surface area contributed by atoms with Gasteiger partial charge >= 0.3 is 0 Å². The molecule has 0 unspecified atom stereocenters. The molecular weight excluding hydrogens is 212 g/mol. The Morgan fingerprint density at radius 3 is 2.65 bits per heavy atom. The summed E-state index contributed by atoms with van der Waals surface area (Å²) in [7, 11) is 0. The van der Waals surface area contributed by atoms with E-state index in [1.165, 1.54) is 0 Å². The molecule has 1 aliphatic carbocycles. The lowest BCUT2D eigenvalue weighted by atomic mass is 9.67. The highest BCUT2D eigenvalue weighted by molar-refractivity contribution is 5.86. The first kappa shape index (κ1) is 14.1. The van der Waals surface area contributed by atoms with Crippen LogP contribution < -0.4 is 0 Å². The van der Waals surface area contributed by atoms with Crippen LogP contribution in [-0.4, -0.2) is 11.6 Å². The van der Waals surface area contributed by atoms with Gasteiger partial charge in [-0.1, -0.05) is 26.0 Å². The molecule has 0 radical (unpaired) electrons. The number of rotatable bonds is 5. The first-order chi connectivity index (χ1) is 7.89. The van der Waals surface area contributed by atoms with Gasteiger partial charge in [-0.05, 0) is 32.1 Å². The van der Waals surface area contributed by atoms with Crippen LogP contribution >= 0.6 is 0 Å². The average molecular weight is 236 g/mol. The van der Waals surface area contributed by atoms with Crippen LogP contribution in [0.5, 0.6) is 0 Å². The molecule has 2 atom stereocenters. The predicted molar refractivity (Wildman–Crippen MR) is 69.8 cm³/mol. The van der Waals surface area contributed by atoms with E-state index >= 15 is 0 Å². The normalized spacial score (nSPS) is 29.1. The van der Waals surface area contributed by atoms with Gasteiger partial charge in [-0.15, -0.1) is 0 Å². The van der Waals surface area contributed by atoms with Crippen LogP contribution in [-0.2, 0) is 9.59 Å². The minimum atomic E-state index is -0.267. The summed E-state index contributed by atoms with van der Waals surface area (Å²) in [5, 5.41) is 0. The van der Waals surface area contributed by atoms with Gasteiger partial charge in [-0.25, -0.2) is 0 Å². The van der Waals surface area contributed by atoms with E-state index in [0.717, 1.165) is 24.8 Å². The summed E-state index contributed by atoms with van der Waals surface area (Å²) in [4.78, 5) is 23.5. The number of Topliss-reactive ketones (excluding diaryl/α,β-unsaturated/α-hetero) is 2. The minimum Gasteiger partial charge on any atom is -0.300 e. The van der Waals surface area contributed by atoms with E-state index in [4.69, 9.17) is 0 Å². The zero-order chi connectivity index (χ0) is 13.1. The van der Waals surface area contributed by atoms with E-state index in [-0.39, 0.29) is 11.2 Å². The highest BCUT2D eigenvalue weighted by atomic mass is 16.1. The number of carbonyl (C=O) groups is 2. The van der Waals surface area contributed by atoms with Gasteiger partial charge in [0.15, 0.2) is 0 Å². The first-order valence-corrected chi connectivity index (χ1v) is 6.59. The lowest BCUT2D eigenvalue weighted by Gasteiger charge is -2.36. The molecule has 1 rings (SSSR count). The van der Waals surface area contributed by atoms with Crippen molar-refractivity contribution in [1.29, 1.82) is 0 Å². The Hall–Kier alpha value is -0.920. The number of hydrogen-bond donors (Lipinski definition) is 0. The van der Waals surface area contributed by atoms with Crippen LogP contribution in [0.4, 0.5) is 0 Å². The largest absolute Gasteiger partial charge is 0.300 e. The summed E-state index contributed by atoms with van der Waals surface area (Å²) in [6, 6.07) is 0. The average Bonchev–Trinajstić information content (AvgIpc) is 2.29. The van der Waals surface area contributed by atoms with E-state index in [9.17, 15) is 9.59 Å². The highest BCUT2D eigenvalue weighted by Crippen LogP contribution is 2.41. The van der Waals surface area contributed by atoms with E-state index in [2.05, 4.69) is 6.58 Å². The Morgan fingerprint density at radius 1 is 1.53 bits per heavy atom. The summed E-state index contributed by atoms with van der Waals surface area (Å²) < 4.78 is 0. The molecule has 0 heterocycles. The molecule has 0 aliphatic heterocycles. The van der Waals surface area contributed by atoms with Gasteiger partial charge in [0.25, 0.3) is 0 Å². The molecule has 1 saturated carbocycles. The zero-order valence-corrected chi connectivity index (χ0v) is 11.3. The lowest BCUT2D eigenvalue weighted by molar-refractivity contribution is -0.132. The molecule has 1 fully saturated rings. The van der Waals surface area contributed by atoms with Gasteiger partial charge in [0.1, 0.15) is 11.6 Å². The molecule has 0 N–H and O–H groups in total. The Kier molecular flexibility index (Phi) is 4.67. The number of hydrogen-bond acceptors (Lipinski definition) is 2. The van der Waals surface area contributed by atoms with Crippen molar-refractivity contribution in [2.45, 2.75) is 59.3 Å². The number of ketones is 2. The van der Waals surface area contributed by atoms with E-state index in [0.29, 0.717) is 31.0 Å². The Bertz CT molecular complexity index is 330. The van der Waals surface area contributed by atoms with Gasteiger partial charge in [0.05, 0.1) is 0 Å². The molecule has 0 aromatic rings. The molecule has 17 heavy (non-hydrogen) atoms. The second-order valence-electron chi connectivity index (χ2n) is 5.66. The Balaban J connectivity index is 2.57. The quantitative estimate of drug-likeness (QED) is 0.682. The maximum absolute atomic E-state index is 12.2. The van der Waals surface area contributed by atoms with Gasteiger partial charge < -0.3 is 0 Å². The lowest BCUT2D eigenvalue weighted by Crippen LogP contribution is -2.35. The van der Waals surface area contributed by atoms with Crippen molar-refractivity contribution < 1.29 is 9.59 Å². The summed E-state index contributed by atoms with van der Waals surface area (Å²) in [5.74, 6) is 0.944. The second-order valence-corrected chi connectivity index (χ2v) is 5.66. The van der Waals surface area contributed by atoms with Crippen LogP contribution in [0.2, 0.25) is 0 Å². The molecule has 0 bridgehead atoms. The third kappa shape index (κ3) is 3.52. The van der Waals surface area contributed by atoms with Crippen LogP contribution in [0.3, 0.4) is 0 Å². The summed E-state index contributed by atoms with van der Waals surface area (Å²) in [5.41, 5.74) is 0.849. The van der Waals surface area contributed by atoms with Crippen molar-refractivity contribution in [2.24, 2.45) is 11.3 Å². The molecule has 2 nitrogen and oxygen atoms in total. The molecule has 0 aromatic heterocycles. The molecule has 0 spiro atoms. The maximum atomic E-state index is 12.2. The van der Waals surface area contributed by atoms with Gasteiger partial charge in [0, 0.05) is 24.7 Å². The molecule has 0 aromatic carbocycles. The third-order valence-corrected chi connectivity index (χ3v) is 4.20. The molecule has 96 valence electrons. The molecule has 1 aliphatic rings. The van der Waals surface area contributed by atoms with Crippen LogP contribution in [0.25, 0.3) is 0 Å². The fourth-order valence-corrected chi connectivity index (χ4v) is 2.48. The van der Waals surface area contributed by atoms with Crippen molar-refractivity contribution >= 4 is 11.6 Å². The Morgan fingerprint density at radius 2 is 2.18 bits per heavy atom. The van der Waals surface area contributed by atoms with Crippen LogP contribution in [0.15, 0.2) is 12.2 Å². The topological polar surface area (TPSA) is 34.1 Å². The van der Waals surface area contributed by atoms with Gasteiger partial charge in [-0.3, -0.25) is 9.59 Å². The van der Waals surface area contributed by atoms with Crippen LogP contribution in [0.1, 0.15) is 59.3 Å². The Labute approximate surface area is 104 Å². The summed E-state index contributed by atoms with van der Waals surface area (Å²) in [6.45, 7) is 9.84. The molecular formula is C15H24O2. The van der Waals surface area contributed by atoms with Crippen molar-refractivity contribution in [3.05, 3.63) is 12.2 Å². The number of allylic oxidation sites excluding steroid dienone is 1. The first-order valence-electron chi connectivity index (χ1n) is 6.59. The molecule has 2 heteroatoms. The highest BCUT2D eigenvalue weighted by Gasteiger charge is 2.38. The van der Waals surface area contributed by atoms with Crippen molar-refractivity contribution in [3.8, 4) is 0 Å². The van der Waals surface area contributed by atoms with E-state index in [1.54, 1.807) is 0 Å². The van der Waals surface area contributed by atoms with Crippen molar-refractivity contribution in [1.82, 2.24) is 0 Å². The third-order valence-electron chi connectivity index (χ3n) is 4.20. The fraction of sp³-hybridized carbons (Fsp3) is 0.733. The van der Waals surface area contributed by atoms with Crippen molar-refractivity contribution in [2.75, 3.05) is 0 Å². The van der Waals surface area contributed by atoms with Gasteiger partial charge in [-0.2, -0.15) is 0 Å². The molecule has 0 saturated heterocycles. The summed E-state index contributed by atoms with van der Waals surface area (Å²) in [6.07, 6.45) is 4.42. The zero-order valence-electron chi connectivity index (χ0n) is 11.3. The fourth-order valence-electron chi connectivity index (χ4n) is 2.48. The monoisotopic (exact) mass is 236 g/mol. The maximum Gasteiger partial charge on any atom is 0.139 e. The molecule has 0 amide bonds. The van der Waals surface area contributed by atoms with Gasteiger partial charge in [0.2, 0.25) is 0 Å². The second kappa shape index (κ2) is 5.61. The number of carbonyl (C=O) groups excluding carboxylic acids is 2.